The number of allylic oxidation sites excluding steroid dienone is 6. The minimum absolute atomic E-state index is 0.152. The Morgan fingerprint density at radius 3 is 1.88 bits per heavy atom. The van der Waals surface area contributed by atoms with Crippen LogP contribution >= 0.6 is 0 Å². The molecular weight excluding hydrogens is 701 g/mol. The molecule has 2 aliphatic rings. The molecule has 0 radical (unpaired) electrons. The summed E-state index contributed by atoms with van der Waals surface area (Å²) in [5, 5.41) is 0. The molecule has 0 spiro atoms. The van der Waals surface area contributed by atoms with Gasteiger partial charge in [0.2, 0.25) is 5.69 Å². The van der Waals surface area contributed by atoms with Gasteiger partial charge in [0.15, 0.2) is 5.71 Å². The Balaban J connectivity index is 1.69. The number of rotatable bonds is 17. The molecule has 2 aliphatic heterocycles. The van der Waals surface area contributed by atoms with Crippen molar-refractivity contribution >= 4 is 48.9 Å². The summed E-state index contributed by atoms with van der Waals surface area (Å²) in [6, 6.07) is 9.42. The molecule has 2 N–H and O–H groups in total. The van der Waals surface area contributed by atoms with Crippen molar-refractivity contribution in [3.63, 3.8) is 0 Å². The summed E-state index contributed by atoms with van der Waals surface area (Å²) in [7, 11) is -8.78. The van der Waals surface area contributed by atoms with Gasteiger partial charge in [-0.2, -0.15) is 21.4 Å². The summed E-state index contributed by atoms with van der Waals surface area (Å²) in [5.41, 5.74) is 5.07. The minimum atomic E-state index is -4.39. The van der Waals surface area contributed by atoms with Crippen molar-refractivity contribution in [2.24, 2.45) is 0 Å². The fourth-order valence-corrected chi connectivity index (χ4v) is 8.24. The fourth-order valence-electron chi connectivity index (χ4n) is 7.23. The van der Waals surface area contributed by atoms with Gasteiger partial charge in [-0.05, 0) is 102 Å². The molecule has 52 heavy (non-hydrogen) atoms. The molecule has 0 saturated heterocycles. The van der Waals surface area contributed by atoms with E-state index < -0.39 is 31.1 Å². The third-order valence-corrected chi connectivity index (χ3v) is 11.9. The van der Waals surface area contributed by atoms with Gasteiger partial charge < -0.3 is 14.5 Å². The molecule has 10 nitrogen and oxygen atoms in total. The number of unbranched alkanes of at least 4 members (excludes halogenated alkanes) is 4. The van der Waals surface area contributed by atoms with Crippen molar-refractivity contribution in [2.45, 2.75) is 120 Å². The topological polar surface area (TPSA) is 149 Å². The number of Topliss-reactive ketones (excluding diaryl/α,β-unsaturated/α-hetero) is 2. The first kappa shape index (κ1) is 41.1. The summed E-state index contributed by atoms with van der Waals surface area (Å²) in [6.07, 6.45) is 14.2. The van der Waals surface area contributed by atoms with Crippen LogP contribution in [0.1, 0.15) is 111 Å². The van der Waals surface area contributed by atoms with E-state index in [-0.39, 0.29) is 21.4 Å². The normalized spacial score (nSPS) is 17.7. The van der Waals surface area contributed by atoms with E-state index in [9.17, 15) is 35.5 Å². The largest absolute Gasteiger partial charge is 0.344 e. The smallest absolute Gasteiger partial charge is 0.294 e. The molecule has 0 aromatic heterocycles. The highest BCUT2D eigenvalue weighted by molar-refractivity contribution is 7.86. The number of hydrogen-bond donors (Lipinski definition) is 2. The summed E-state index contributed by atoms with van der Waals surface area (Å²) >= 11 is 0. The van der Waals surface area contributed by atoms with Crippen molar-refractivity contribution in [3.05, 3.63) is 83.1 Å². The van der Waals surface area contributed by atoms with Gasteiger partial charge >= 0.3 is 0 Å². The molecule has 2 heterocycles. The van der Waals surface area contributed by atoms with Crippen LogP contribution in [0.3, 0.4) is 0 Å². The third-order valence-electron chi connectivity index (χ3n) is 10.2. The number of hydrogen-bond acceptors (Lipinski definition) is 7. The fraction of sp³-hybridized carbons (Fsp3) is 0.475. The van der Waals surface area contributed by atoms with Gasteiger partial charge in [-0.1, -0.05) is 38.0 Å². The quantitative estimate of drug-likeness (QED) is 0.0709. The Kier molecular flexibility index (Phi) is 12.7. The zero-order valence-corrected chi connectivity index (χ0v) is 33.0. The SMILES string of the molecule is CC(=O)CCCCCN1C(=CC=C(C)C=CC2=[N+](CCCCCC(C)=O)c3ccc(S(=O)(=O)O)cc3C2(C)C)C(C)(C)c2cc(S(=O)(=O)O)ccc21. The predicted octanol–water partition coefficient (Wildman–Crippen LogP) is 8.04. The molecule has 0 amide bonds. The van der Waals surface area contributed by atoms with Crippen LogP contribution in [0.2, 0.25) is 0 Å². The predicted molar refractivity (Wildman–Crippen MR) is 205 cm³/mol. The molecule has 0 unspecified atom stereocenters. The molecule has 282 valence electrons. The Bertz CT molecular complexity index is 2070. The lowest BCUT2D eigenvalue weighted by Crippen LogP contribution is -2.28. The summed E-state index contributed by atoms with van der Waals surface area (Å²) < 4.78 is 69.9. The lowest BCUT2D eigenvalue weighted by molar-refractivity contribution is -0.438. The molecule has 0 saturated carbocycles. The van der Waals surface area contributed by atoms with Crippen molar-refractivity contribution in [3.8, 4) is 0 Å². The molecule has 12 heteroatoms. The molecule has 0 aliphatic carbocycles. The van der Waals surface area contributed by atoms with Crippen molar-refractivity contribution < 1.29 is 40.1 Å². The molecule has 0 atom stereocenters. The summed E-state index contributed by atoms with van der Waals surface area (Å²) in [5.74, 6) is 0.330. The maximum Gasteiger partial charge on any atom is 0.294 e. The second kappa shape index (κ2) is 16.1. The Morgan fingerprint density at radius 2 is 1.31 bits per heavy atom. The molecule has 2 aromatic carbocycles. The highest BCUT2D eigenvalue weighted by atomic mass is 32.2. The highest BCUT2D eigenvalue weighted by Gasteiger charge is 2.45. The van der Waals surface area contributed by atoms with Crippen molar-refractivity contribution in [1.82, 2.24) is 0 Å². The van der Waals surface area contributed by atoms with Gasteiger partial charge in [0.25, 0.3) is 20.2 Å². The molecule has 4 rings (SSSR count). The van der Waals surface area contributed by atoms with E-state index in [1.165, 1.54) is 12.1 Å². The van der Waals surface area contributed by atoms with Gasteiger partial charge in [-0.15, -0.1) is 0 Å². The number of anilines is 1. The lowest BCUT2D eigenvalue weighted by Gasteiger charge is -2.27. The monoisotopic (exact) mass is 753 g/mol. The summed E-state index contributed by atoms with van der Waals surface area (Å²) in [6.45, 7) is 14.6. The first-order chi connectivity index (χ1) is 24.2. The van der Waals surface area contributed by atoms with E-state index in [1.54, 1.807) is 38.1 Å². The molecule has 0 fully saturated rings. The number of nitrogens with zero attached hydrogens (tertiary/aromatic N) is 2. The lowest BCUT2D eigenvalue weighted by atomic mass is 9.81. The zero-order valence-electron chi connectivity index (χ0n) is 31.4. The average molecular weight is 754 g/mol. The Hall–Kier alpha value is -3.71. The van der Waals surface area contributed by atoms with E-state index in [1.807, 2.05) is 58.9 Å². The van der Waals surface area contributed by atoms with Gasteiger partial charge in [-0.25, -0.2) is 0 Å². The number of carbonyl (C=O) groups is 2. The molecule has 0 bridgehead atoms. The molecule has 2 aromatic rings. The van der Waals surface area contributed by atoms with Crippen LogP contribution in [0.15, 0.2) is 81.8 Å². The maximum atomic E-state index is 12.0. The van der Waals surface area contributed by atoms with E-state index >= 15 is 0 Å². The Morgan fingerprint density at radius 1 is 0.750 bits per heavy atom. The van der Waals surface area contributed by atoms with E-state index in [4.69, 9.17) is 0 Å². The second-order valence-electron chi connectivity index (χ2n) is 15.1. The minimum Gasteiger partial charge on any atom is -0.344 e. The average Bonchev–Trinajstić information content (AvgIpc) is 3.38. The van der Waals surface area contributed by atoms with E-state index in [0.29, 0.717) is 25.9 Å². The van der Waals surface area contributed by atoms with Gasteiger partial charge in [-0.3, -0.25) is 9.11 Å². The number of carbonyl (C=O) groups excluding carboxylic acids is 2. The maximum absolute atomic E-state index is 12.0. The van der Waals surface area contributed by atoms with Crippen LogP contribution in [-0.4, -0.2) is 60.9 Å². The Labute approximate surface area is 309 Å². The van der Waals surface area contributed by atoms with Gasteiger partial charge in [0, 0.05) is 60.3 Å². The summed E-state index contributed by atoms with van der Waals surface area (Å²) in [4.78, 5) is 24.8. The van der Waals surface area contributed by atoms with Crippen molar-refractivity contribution in [1.29, 1.82) is 0 Å². The van der Waals surface area contributed by atoms with Gasteiger partial charge in [0.1, 0.15) is 18.1 Å². The van der Waals surface area contributed by atoms with Crippen LogP contribution in [0.4, 0.5) is 11.4 Å². The van der Waals surface area contributed by atoms with Crippen LogP contribution < -0.4 is 4.90 Å². The zero-order chi connectivity index (χ0) is 38.6. The first-order valence-corrected chi connectivity index (χ1v) is 20.8. The van der Waals surface area contributed by atoms with Crippen LogP contribution in [-0.2, 0) is 40.7 Å². The first-order valence-electron chi connectivity index (χ1n) is 17.9. The van der Waals surface area contributed by atoms with Crippen LogP contribution in [0.25, 0.3) is 0 Å². The number of ketones is 2. The highest BCUT2D eigenvalue weighted by Crippen LogP contribution is 2.49. The van der Waals surface area contributed by atoms with Crippen LogP contribution in [0, 0.1) is 0 Å². The number of benzene rings is 2. The standard InChI is InChI=1S/C40H52N2O8S2/c1-28(16-22-37-39(4,5)33-26-31(51(45,46)47)18-20-35(33)41(37)24-12-8-10-14-29(2)43)17-23-38-40(6,7)34-27-32(52(48,49)50)19-21-36(34)42(38)25-13-9-11-15-30(3)44/h16-23,26-27H,8-15,24-25H2,1-7H3,(H-,45,46,47,48,49,50)/p+1. The van der Waals surface area contributed by atoms with Crippen molar-refractivity contribution in [2.75, 3.05) is 18.0 Å². The van der Waals surface area contributed by atoms with Gasteiger partial charge in [0.05, 0.1) is 15.2 Å². The van der Waals surface area contributed by atoms with Crippen LogP contribution in [0.5, 0.6) is 0 Å². The number of fused-ring (bicyclic) bond motifs is 2. The second-order valence-corrected chi connectivity index (χ2v) is 17.9. The molecular formula is C40H53N2O8S2+. The third kappa shape index (κ3) is 9.44. The van der Waals surface area contributed by atoms with E-state index in [0.717, 1.165) is 78.0 Å². The van der Waals surface area contributed by atoms with E-state index in [2.05, 4.69) is 9.48 Å².